The van der Waals surface area contributed by atoms with E-state index in [0.29, 0.717) is 18.8 Å². The molecule has 0 radical (unpaired) electrons. The minimum absolute atomic E-state index is 0.00720. The number of aromatic nitrogens is 3. The molecule has 2 unspecified atom stereocenters. The molecule has 1 aromatic rings. The van der Waals surface area contributed by atoms with E-state index in [2.05, 4.69) is 15.2 Å². The van der Waals surface area contributed by atoms with E-state index in [0.717, 1.165) is 6.42 Å². The number of nitrogens with zero attached hydrogens (tertiary/aromatic N) is 3. The number of rotatable bonds is 3. The number of hydrogen-bond acceptors (Lipinski definition) is 4. The molecule has 6 heteroatoms. The number of hydrogen-bond donors (Lipinski definition) is 1. The molecule has 78 valence electrons. The van der Waals surface area contributed by atoms with Crippen molar-refractivity contribution < 1.29 is 9.59 Å². The van der Waals surface area contributed by atoms with E-state index < -0.39 is 0 Å². The summed E-state index contributed by atoms with van der Waals surface area (Å²) >= 11 is 0. The van der Waals surface area contributed by atoms with Gasteiger partial charge in [0.2, 0.25) is 11.8 Å². The van der Waals surface area contributed by atoms with Crippen LogP contribution in [0.5, 0.6) is 0 Å². The van der Waals surface area contributed by atoms with Crippen molar-refractivity contribution in [3.8, 4) is 0 Å². The van der Waals surface area contributed by atoms with Crippen molar-refractivity contribution in [3.63, 3.8) is 0 Å². The first-order chi connectivity index (χ1) is 7.27. The van der Waals surface area contributed by atoms with Gasteiger partial charge < -0.3 is 0 Å². The lowest BCUT2D eigenvalue weighted by atomic mass is 10.3. The number of aromatic amines is 1. The van der Waals surface area contributed by atoms with Crippen molar-refractivity contribution >= 4 is 11.8 Å². The molecule has 0 aromatic carbocycles. The topological polar surface area (TPSA) is 79.0 Å². The summed E-state index contributed by atoms with van der Waals surface area (Å²) in [5.74, 6) is 0.671. The van der Waals surface area contributed by atoms with E-state index in [9.17, 15) is 9.59 Å². The van der Waals surface area contributed by atoms with E-state index >= 15 is 0 Å². The molecule has 2 atom stereocenters. The Bertz CT molecular complexity index is 394. The molecule has 1 aromatic heterocycles. The smallest absolute Gasteiger partial charge is 0.233 e. The average Bonchev–Trinajstić information content (AvgIpc) is 2.80. The number of carbonyl (C=O) groups is 2. The Morgan fingerprint density at radius 3 is 2.73 bits per heavy atom. The Hall–Kier alpha value is -1.72. The van der Waals surface area contributed by atoms with Crippen molar-refractivity contribution in [2.75, 3.05) is 6.54 Å². The molecule has 15 heavy (non-hydrogen) atoms. The number of carbonyl (C=O) groups excluding carboxylic acids is 2. The Balaban J connectivity index is 1.64. The fraction of sp³-hybridized carbons (Fsp3) is 0.556. The van der Waals surface area contributed by atoms with Gasteiger partial charge in [0.05, 0.1) is 11.8 Å². The third kappa shape index (κ3) is 1.25. The highest BCUT2D eigenvalue weighted by Crippen LogP contribution is 2.46. The molecule has 6 nitrogen and oxygen atoms in total. The van der Waals surface area contributed by atoms with Gasteiger partial charge in [0, 0.05) is 13.0 Å². The van der Waals surface area contributed by atoms with Gasteiger partial charge in [-0.15, -0.1) is 0 Å². The van der Waals surface area contributed by atoms with Crippen molar-refractivity contribution in [1.82, 2.24) is 20.1 Å². The maximum Gasteiger partial charge on any atom is 0.233 e. The number of H-pyrrole nitrogens is 1. The van der Waals surface area contributed by atoms with Crippen LogP contribution in [0.2, 0.25) is 0 Å². The van der Waals surface area contributed by atoms with Crippen LogP contribution in [0.3, 0.4) is 0 Å². The van der Waals surface area contributed by atoms with E-state index in [1.807, 2.05) is 0 Å². The normalized spacial score (nSPS) is 28.4. The lowest BCUT2D eigenvalue weighted by Gasteiger charge is -2.14. The van der Waals surface area contributed by atoms with Crippen LogP contribution in [0, 0.1) is 11.8 Å². The zero-order valence-corrected chi connectivity index (χ0v) is 8.01. The van der Waals surface area contributed by atoms with Gasteiger partial charge in [-0.05, 0) is 6.42 Å². The lowest BCUT2D eigenvalue weighted by Crippen LogP contribution is -2.34. The van der Waals surface area contributed by atoms with Crippen molar-refractivity contribution in [3.05, 3.63) is 12.2 Å². The van der Waals surface area contributed by atoms with Gasteiger partial charge in [0.25, 0.3) is 0 Å². The van der Waals surface area contributed by atoms with Gasteiger partial charge >= 0.3 is 0 Å². The third-order valence-corrected chi connectivity index (χ3v) is 2.99. The molecule has 2 fully saturated rings. The molecular weight excluding hydrogens is 196 g/mol. The molecular formula is C9H10N4O2. The second-order valence-electron chi connectivity index (χ2n) is 3.96. The Morgan fingerprint density at radius 1 is 1.40 bits per heavy atom. The molecule has 2 heterocycles. The molecule has 1 saturated heterocycles. The predicted molar refractivity (Wildman–Crippen MR) is 48.4 cm³/mol. The van der Waals surface area contributed by atoms with E-state index in [1.165, 1.54) is 11.2 Å². The van der Waals surface area contributed by atoms with Crippen molar-refractivity contribution in [2.24, 2.45) is 11.8 Å². The molecule has 2 aliphatic rings. The minimum atomic E-state index is -0.00971. The number of piperidine rings is 1. The minimum Gasteiger partial charge on any atom is -0.282 e. The van der Waals surface area contributed by atoms with Crippen LogP contribution in [0.1, 0.15) is 12.2 Å². The second kappa shape index (κ2) is 2.88. The summed E-state index contributed by atoms with van der Waals surface area (Å²) in [6.07, 6.45) is 2.73. The molecule has 1 N–H and O–H groups in total. The van der Waals surface area contributed by atoms with E-state index in [1.54, 1.807) is 0 Å². The average molecular weight is 206 g/mol. The van der Waals surface area contributed by atoms with Gasteiger partial charge in [0.1, 0.15) is 12.2 Å². The fourth-order valence-electron chi connectivity index (χ4n) is 2.04. The number of fused-ring (bicyclic) bond motifs is 1. The predicted octanol–water partition coefficient (Wildman–Crippen LogP) is -0.648. The zero-order valence-electron chi connectivity index (χ0n) is 8.01. The Morgan fingerprint density at radius 2 is 2.13 bits per heavy atom. The number of likely N-dealkylation sites (tertiary alicyclic amines) is 1. The van der Waals surface area contributed by atoms with Gasteiger partial charge in [0.15, 0.2) is 0 Å². The summed E-state index contributed by atoms with van der Waals surface area (Å²) in [6.45, 7) is 0.417. The summed E-state index contributed by atoms with van der Waals surface area (Å²) in [7, 11) is 0. The van der Waals surface area contributed by atoms with Crippen LogP contribution in [0.25, 0.3) is 0 Å². The first kappa shape index (κ1) is 8.58. The van der Waals surface area contributed by atoms with Crippen molar-refractivity contribution in [1.29, 1.82) is 0 Å². The fourth-order valence-corrected chi connectivity index (χ4v) is 2.04. The summed E-state index contributed by atoms with van der Waals surface area (Å²) in [6, 6.07) is 0. The standard InChI is InChI=1S/C9H10N4O2/c14-8-5-3-6(5)9(15)13(8)2-1-7-10-4-11-12-7/h4-6H,1-3H2,(H,10,11,12). The van der Waals surface area contributed by atoms with Crippen LogP contribution in [0.15, 0.2) is 6.33 Å². The molecule has 1 aliphatic heterocycles. The highest BCUT2D eigenvalue weighted by Gasteiger charge is 2.58. The van der Waals surface area contributed by atoms with Crippen LogP contribution in [-0.2, 0) is 16.0 Å². The van der Waals surface area contributed by atoms with Gasteiger partial charge in [-0.3, -0.25) is 19.6 Å². The first-order valence-corrected chi connectivity index (χ1v) is 4.97. The van der Waals surface area contributed by atoms with Crippen LogP contribution in [0.4, 0.5) is 0 Å². The molecule has 0 bridgehead atoms. The maximum absolute atomic E-state index is 11.6. The van der Waals surface area contributed by atoms with Gasteiger partial charge in [-0.2, -0.15) is 5.10 Å². The SMILES string of the molecule is O=C1C2CC2C(=O)N1CCc1ncn[nH]1. The number of amides is 2. The molecule has 1 aliphatic carbocycles. The number of nitrogens with one attached hydrogen (secondary N) is 1. The van der Waals surface area contributed by atoms with Gasteiger partial charge in [-0.1, -0.05) is 0 Å². The maximum atomic E-state index is 11.6. The summed E-state index contributed by atoms with van der Waals surface area (Å²) in [5, 5.41) is 6.41. The monoisotopic (exact) mass is 206 g/mol. The van der Waals surface area contributed by atoms with E-state index in [-0.39, 0.29) is 23.7 Å². The molecule has 2 amide bonds. The molecule has 0 spiro atoms. The Labute approximate surface area is 85.7 Å². The lowest BCUT2D eigenvalue weighted by molar-refractivity contribution is -0.141. The highest BCUT2D eigenvalue weighted by atomic mass is 16.2. The van der Waals surface area contributed by atoms with Crippen LogP contribution >= 0.6 is 0 Å². The zero-order chi connectivity index (χ0) is 10.4. The van der Waals surface area contributed by atoms with Crippen LogP contribution in [-0.4, -0.2) is 38.4 Å². The van der Waals surface area contributed by atoms with Gasteiger partial charge in [-0.25, -0.2) is 4.98 Å². The summed E-state index contributed by atoms with van der Waals surface area (Å²) in [4.78, 5) is 28.4. The van der Waals surface area contributed by atoms with E-state index in [4.69, 9.17) is 0 Å². The first-order valence-electron chi connectivity index (χ1n) is 4.97. The summed E-state index contributed by atoms with van der Waals surface area (Å²) < 4.78 is 0. The summed E-state index contributed by atoms with van der Waals surface area (Å²) in [5.41, 5.74) is 0. The molecule has 3 rings (SSSR count). The Kier molecular flexibility index (Phi) is 1.65. The van der Waals surface area contributed by atoms with Crippen molar-refractivity contribution in [2.45, 2.75) is 12.8 Å². The quantitative estimate of drug-likeness (QED) is 0.667. The largest absolute Gasteiger partial charge is 0.282 e. The number of imide groups is 1. The second-order valence-corrected chi connectivity index (χ2v) is 3.96. The highest BCUT2D eigenvalue weighted by molar-refractivity contribution is 6.08. The molecule has 1 saturated carbocycles. The van der Waals surface area contributed by atoms with Crippen LogP contribution < -0.4 is 0 Å². The third-order valence-electron chi connectivity index (χ3n) is 2.99.